The predicted molar refractivity (Wildman–Crippen MR) is 225 cm³/mol. The van der Waals surface area contributed by atoms with Crippen LogP contribution in [-0.2, 0) is 0 Å². The fraction of sp³-hybridized carbons (Fsp3) is 0.625. The molecule has 0 aliphatic carbocycles. The Bertz CT molecular complexity index is 1120. The Morgan fingerprint density at radius 1 is 0.308 bits per heavy atom. The van der Waals surface area contributed by atoms with Crippen LogP contribution in [0.25, 0.3) is 0 Å². The minimum absolute atomic E-state index is 0.715. The van der Waals surface area contributed by atoms with Crippen LogP contribution in [-0.4, -0.2) is 19.8 Å². The van der Waals surface area contributed by atoms with E-state index in [1.165, 1.54) is 135 Å². The van der Waals surface area contributed by atoms with Crippen molar-refractivity contribution in [3.8, 4) is 17.2 Å². The number of anilines is 3. The van der Waals surface area contributed by atoms with E-state index in [1.54, 1.807) is 0 Å². The van der Waals surface area contributed by atoms with Crippen molar-refractivity contribution in [2.45, 2.75) is 175 Å². The number of rotatable bonds is 33. The van der Waals surface area contributed by atoms with Gasteiger partial charge in [-0.3, -0.25) is 4.90 Å². The first kappa shape index (κ1) is 43.3. The van der Waals surface area contributed by atoms with E-state index >= 15 is 0 Å². The van der Waals surface area contributed by atoms with Gasteiger partial charge in [-0.2, -0.15) is 0 Å². The standard InChI is InChI=1S/C48H75NO3/c1-4-7-10-13-16-19-22-31-40-50-46-37-28-25-34-43(46)49(44-35-26-29-38-47(44)51-41-32-23-20-17-14-11-8-5-2)45-36-27-30-39-48(45)52-42-33-24-21-18-15-12-9-6-3/h25-30,34-39H,4-24,31-33,40-42H2,1-3H3. The van der Waals surface area contributed by atoms with E-state index in [0.29, 0.717) is 19.8 Å². The first-order chi connectivity index (χ1) is 25.8. The molecule has 0 saturated heterocycles. The lowest BCUT2D eigenvalue weighted by atomic mass is 10.1. The molecule has 0 aliphatic heterocycles. The van der Waals surface area contributed by atoms with Crippen molar-refractivity contribution < 1.29 is 14.2 Å². The largest absolute Gasteiger partial charge is 0.491 e. The summed E-state index contributed by atoms with van der Waals surface area (Å²) in [7, 11) is 0. The Labute approximate surface area is 320 Å². The summed E-state index contributed by atoms with van der Waals surface area (Å²) in [5, 5.41) is 0. The molecule has 0 aliphatic rings. The monoisotopic (exact) mass is 714 g/mol. The van der Waals surface area contributed by atoms with Gasteiger partial charge < -0.3 is 14.2 Å². The van der Waals surface area contributed by atoms with Crippen LogP contribution in [0.3, 0.4) is 0 Å². The molecule has 290 valence electrons. The molecule has 0 spiro atoms. The van der Waals surface area contributed by atoms with E-state index in [4.69, 9.17) is 14.2 Å². The Kier molecular flexibility index (Phi) is 24.4. The molecule has 0 N–H and O–H groups in total. The molecule has 0 amide bonds. The average Bonchev–Trinajstić information content (AvgIpc) is 3.17. The smallest absolute Gasteiger partial charge is 0.143 e. The number of hydrogen-bond acceptors (Lipinski definition) is 4. The van der Waals surface area contributed by atoms with E-state index < -0.39 is 0 Å². The SMILES string of the molecule is CCCCCCCCCCOc1ccccc1N(c1ccccc1OCCCCCCCCCC)c1ccccc1OCCCCCCCCCC. The van der Waals surface area contributed by atoms with E-state index in [-0.39, 0.29) is 0 Å². The molecular formula is C48H75NO3. The molecule has 0 radical (unpaired) electrons. The van der Waals surface area contributed by atoms with Gasteiger partial charge in [0.05, 0.1) is 36.9 Å². The molecule has 0 saturated carbocycles. The lowest BCUT2D eigenvalue weighted by molar-refractivity contribution is 0.301. The van der Waals surface area contributed by atoms with Crippen LogP contribution in [0.5, 0.6) is 17.2 Å². The van der Waals surface area contributed by atoms with Gasteiger partial charge in [-0.1, -0.05) is 192 Å². The van der Waals surface area contributed by atoms with Crippen molar-refractivity contribution in [2.75, 3.05) is 24.7 Å². The normalized spacial score (nSPS) is 11.1. The summed E-state index contributed by atoms with van der Waals surface area (Å²) in [4.78, 5) is 2.30. The summed E-state index contributed by atoms with van der Waals surface area (Å²) in [6, 6.07) is 25.4. The summed E-state index contributed by atoms with van der Waals surface area (Å²) >= 11 is 0. The van der Waals surface area contributed by atoms with Crippen LogP contribution in [0.2, 0.25) is 0 Å². The van der Waals surface area contributed by atoms with Gasteiger partial charge in [0, 0.05) is 0 Å². The zero-order chi connectivity index (χ0) is 36.7. The lowest BCUT2D eigenvalue weighted by Gasteiger charge is -2.30. The maximum absolute atomic E-state index is 6.58. The molecule has 3 aromatic carbocycles. The van der Waals surface area contributed by atoms with Gasteiger partial charge in [-0.05, 0) is 55.7 Å². The highest BCUT2D eigenvalue weighted by molar-refractivity contribution is 5.85. The summed E-state index contributed by atoms with van der Waals surface area (Å²) in [5.74, 6) is 2.67. The van der Waals surface area contributed by atoms with Gasteiger partial charge in [0.1, 0.15) is 17.2 Å². The highest BCUT2D eigenvalue weighted by atomic mass is 16.5. The third-order valence-electron chi connectivity index (χ3n) is 10.1. The van der Waals surface area contributed by atoms with Crippen LogP contribution >= 0.6 is 0 Å². The minimum atomic E-state index is 0.715. The molecule has 0 heterocycles. The molecule has 0 atom stereocenters. The first-order valence-corrected chi connectivity index (χ1v) is 21.8. The molecule has 4 nitrogen and oxygen atoms in total. The lowest BCUT2D eigenvalue weighted by Crippen LogP contribution is -2.15. The second kappa shape index (κ2) is 29.3. The van der Waals surface area contributed by atoms with E-state index in [1.807, 2.05) is 0 Å². The van der Waals surface area contributed by atoms with E-state index in [9.17, 15) is 0 Å². The third kappa shape index (κ3) is 17.6. The number of unbranched alkanes of at least 4 members (excludes halogenated alkanes) is 21. The Balaban J connectivity index is 1.75. The minimum Gasteiger partial charge on any atom is -0.491 e. The predicted octanol–water partition coefficient (Wildman–Crippen LogP) is 15.7. The Morgan fingerprint density at radius 3 is 0.808 bits per heavy atom. The van der Waals surface area contributed by atoms with Crippen LogP contribution in [0.1, 0.15) is 175 Å². The van der Waals surface area contributed by atoms with Crippen molar-refractivity contribution in [2.24, 2.45) is 0 Å². The van der Waals surface area contributed by atoms with Crippen molar-refractivity contribution in [3.63, 3.8) is 0 Å². The number of nitrogens with zero attached hydrogens (tertiary/aromatic N) is 1. The number of benzene rings is 3. The zero-order valence-electron chi connectivity index (χ0n) is 33.7. The van der Waals surface area contributed by atoms with Gasteiger partial charge >= 0.3 is 0 Å². The molecular weight excluding hydrogens is 639 g/mol. The van der Waals surface area contributed by atoms with Gasteiger partial charge in [0.15, 0.2) is 0 Å². The highest BCUT2D eigenvalue weighted by Crippen LogP contribution is 2.47. The Hall–Kier alpha value is -3.14. The van der Waals surface area contributed by atoms with Crippen molar-refractivity contribution >= 4 is 17.1 Å². The maximum atomic E-state index is 6.58. The summed E-state index contributed by atoms with van der Waals surface area (Å²) in [5.41, 5.74) is 3.02. The highest BCUT2D eigenvalue weighted by Gasteiger charge is 2.23. The van der Waals surface area contributed by atoms with Crippen LogP contribution in [0, 0.1) is 0 Å². The number of hydrogen-bond donors (Lipinski definition) is 0. The van der Waals surface area contributed by atoms with Gasteiger partial charge in [0.2, 0.25) is 0 Å². The average molecular weight is 714 g/mol. The summed E-state index contributed by atoms with van der Waals surface area (Å²) < 4.78 is 19.8. The third-order valence-corrected chi connectivity index (χ3v) is 10.1. The van der Waals surface area contributed by atoms with Crippen LogP contribution in [0.4, 0.5) is 17.1 Å². The van der Waals surface area contributed by atoms with E-state index in [0.717, 1.165) is 53.6 Å². The molecule has 0 aromatic heterocycles. The van der Waals surface area contributed by atoms with Crippen molar-refractivity contribution in [1.82, 2.24) is 0 Å². The summed E-state index contributed by atoms with van der Waals surface area (Å²) in [6.07, 6.45) is 30.8. The molecule has 4 heteroatoms. The molecule has 0 unspecified atom stereocenters. The molecule has 3 aromatic rings. The second-order valence-corrected chi connectivity index (χ2v) is 14.7. The quantitative estimate of drug-likeness (QED) is 0.0588. The van der Waals surface area contributed by atoms with Crippen molar-refractivity contribution in [1.29, 1.82) is 0 Å². The van der Waals surface area contributed by atoms with Gasteiger partial charge in [-0.15, -0.1) is 0 Å². The Morgan fingerprint density at radius 2 is 0.538 bits per heavy atom. The fourth-order valence-electron chi connectivity index (χ4n) is 6.94. The number of ether oxygens (including phenoxy) is 3. The second-order valence-electron chi connectivity index (χ2n) is 14.7. The molecule has 0 fully saturated rings. The van der Waals surface area contributed by atoms with Crippen LogP contribution in [0.15, 0.2) is 72.8 Å². The fourth-order valence-corrected chi connectivity index (χ4v) is 6.94. The van der Waals surface area contributed by atoms with Gasteiger partial charge in [0.25, 0.3) is 0 Å². The number of para-hydroxylation sites is 6. The maximum Gasteiger partial charge on any atom is 0.143 e. The summed E-state index contributed by atoms with van der Waals surface area (Å²) in [6.45, 7) is 8.99. The molecule has 0 bridgehead atoms. The molecule has 3 rings (SSSR count). The molecule has 52 heavy (non-hydrogen) atoms. The topological polar surface area (TPSA) is 30.9 Å². The first-order valence-electron chi connectivity index (χ1n) is 21.8. The van der Waals surface area contributed by atoms with Crippen molar-refractivity contribution in [3.05, 3.63) is 72.8 Å². The van der Waals surface area contributed by atoms with E-state index in [2.05, 4.69) is 98.5 Å². The van der Waals surface area contributed by atoms with Gasteiger partial charge in [-0.25, -0.2) is 0 Å². The van der Waals surface area contributed by atoms with Crippen LogP contribution < -0.4 is 19.1 Å². The zero-order valence-corrected chi connectivity index (χ0v) is 33.7.